The minimum Gasteiger partial charge on any atom is -0.497 e. The summed E-state index contributed by atoms with van der Waals surface area (Å²) < 4.78 is 5.44. The fourth-order valence-electron chi connectivity index (χ4n) is 5.35. The van der Waals surface area contributed by atoms with Gasteiger partial charge in [0.1, 0.15) is 5.75 Å². The third kappa shape index (κ3) is 5.63. The van der Waals surface area contributed by atoms with Crippen molar-refractivity contribution < 1.29 is 4.74 Å². The highest BCUT2D eigenvalue weighted by atomic mass is 16.5. The van der Waals surface area contributed by atoms with Crippen LogP contribution in [0, 0.1) is 6.92 Å². The van der Waals surface area contributed by atoms with Crippen molar-refractivity contribution in [2.75, 3.05) is 24.0 Å². The predicted molar refractivity (Wildman–Crippen MR) is 178 cm³/mol. The van der Waals surface area contributed by atoms with Crippen molar-refractivity contribution in [3.05, 3.63) is 157 Å². The third-order valence-corrected chi connectivity index (χ3v) is 7.73. The first-order valence-corrected chi connectivity index (χ1v) is 14.2. The van der Waals surface area contributed by atoms with E-state index >= 15 is 0 Å². The van der Waals surface area contributed by atoms with Gasteiger partial charge in [0.25, 0.3) is 0 Å². The second kappa shape index (κ2) is 12.1. The highest BCUT2D eigenvalue weighted by Gasteiger charge is 2.17. The van der Waals surface area contributed by atoms with E-state index in [1.807, 2.05) is 24.3 Å². The summed E-state index contributed by atoms with van der Waals surface area (Å²) >= 11 is 0. The molecule has 0 aliphatic rings. The molecule has 0 bridgehead atoms. The van der Waals surface area contributed by atoms with Crippen molar-refractivity contribution in [3.8, 4) is 28.0 Å². The normalized spacial score (nSPS) is 10.7. The molecule has 0 radical (unpaired) electrons. The monoisotopic (exact) mass is 546 g/mol. The lowest BCUT2D eigenvalue weighted by atomic mass is 10.0. The average Bonchev–Trinajstić information content (AvgIpc) is 3.07. The van der Waals surface area contributed by atoms with Crippen LogP contribution >= 0.6 is 0 Å². The molecule has 42 heavy (non-hydrogen) atoms. The van der Waals surface area contributed by atoms with Crippen molar-refractivity contribution in [2.45, 2.75) is 6.92 Å². The highest BCUT2D eigenvalue weighted by Crippen LogP contribution is 2.40. The van der Waals surface area contributed by atoms with Crippen LogP contribution in [0.5, 0.6) is 5.75 Å². The molecule has 0 saturated heterocycles. The van der Waals surface area contributed by atoms with Crippen LogP contribution in [0.3, 0.4) is 0 Å². The number of benzene rings is 6. The Kier molecular flexibility index (Phi) is 7.74. The van der Waals surface area contributed by atoms with Gasteiger partial charge < -0.3 is 14.5 Å². The standard InChI is InChI=1S/C39H34N2O/c1-29-28-37(40(2)34-18-14-32(15-19-34)30-10-6-4-7-11-30)24-27-39(29)41(36-22-25-38(42-3)26-23-36)35-20-16-33(17-21-35)31-12-8-5-9-13-31/h4-28H,1-3H3. The maximum atomic E-state index is 5.44. The van der Waals surface area contributed by atoms with Crippen LogP contribution in [0.1, 0.15) is 5.56 Å². The zero-order valence-corrected chi connectivity index (χ0v) is 24.2. The van der Waals surface area contributed by atoms with E-state index in [0.29, 0.717) is 0 Å². The number of aryl methyl sites for hydroxylation is 1. The van der Waals surface area contributed by atoms with Crippen LogP contribution in [0.2, 0.25) is 0 Å². The van der Waals surface area contributed by atoms with Crippen LogP contribution in [0.4, 0.5) is 28.4 Å². The maximum absolute atomic E-state index is 5.44. The van der Waals surface area contributed by atoms with Crippen molar-refractivity contribution in [3.63, 3.8) is 0 Å². The number of methoxy groups -OCH3 is 1. The Labute approximate surface area is 248 Å². The fraction of sp³-hybridized carbons (Fsp3) is 0.0769. The zero-order chi connectivity index (χ0) is 28.9. The van der Waals surface area contributed by atoms with E-state index in [1.54, 1.807) is 7.11 Å². The summed E-state index contributed by atoms with van der Waals surface area (Å²) in [5, 5.41) is 0. The van der Waals surface area contributed by atoms with Gasteiger partial charge in [-0.05, 0) is 101 Å². The number of ether oxygens (including phenoxy) is 1. The molecule has 0 unspecified atom stereocenters. The quantitative estimate of drug-likeness (QED) is 0.189. The molecule has 6 rings (SSSR count). The first kappa shape index (κ1) is 26.9. The van der Waals surface area contributed by atoms with E-state index in [-0.39, 0.29) is 0 Å². The van der Waals surface area contributed by atoms with E-state index in [1.165, 1.54) is 27.8 Å². The summed E-state index contributed by atoms with van der Waals surface area (Å²) in [4.78, 5) is 4.54. The summed E-state index contributed by atoms with van der Waals surface area (Å²) in [7, 11) is 3.82. The molecule has 0 spiro atoms. The lowest BCUT2D eigenvalue weighted by Gasteiger charge is -2.29. The molecule has 3 nitrogen and oxygen atoms in total. The lowest BCUT2D eigenvalue weighted by Crippen LogP contribution is -2.13. The SMILES string of the molecule is COc1ccc(N(c2ccc(-c3ccccc3)cc2)c2ccc(N(C)c3ccc(-c4ccccc4)cc3)cc2C)cc1. The van der Waals surface area contributed by atoms with Gasteiger partial charge >= 0.3 is 0 Å². The molecular formula is C39H34N2O. The van der Waals surface area contributed by atoms with E-state index in [0.717, 1.165) is 34.2 Å². The molecular weight excluding hydrogens is 512 g/mol. The van der Waals surface area contributed by atoms with Crippen molar-refractivity contribution >= 4 is 28.4 Å². The van der Waals surface area contributed by atoms with E-state index in [9.17, 15) is 0 Å². The maximum Gasteiger partial charge on any atom is 0.119 e. The number of rotatable bonds is 8. The highest BCUT2D eigenvalue weighted by molar-refractivity contribution is 5.82. The van der Waals surface area contributed by atoms with Gasteiger partial charge in [-0.3, -0.25) is 0 Å². The summed E-state index contributed by atoms with van der Waals surface area (Å²) in [5.41, 5.74) is 11.6. The largest absolute Gasteiger partial charge is 0.497 e. The van der Waals surface area contributed by atoms with Crippen LogP contribution in [0.15, 0.2) is 152 Å². The molecule has 6 aromatic rings. The number of anilines is 5. The predicted octanol–water partition coefficient (Wildman–Crippen LogP) is 10.6. The minimum atomic E-state index is 0.838. The number of hydrogen-bond acceptors (Lipinski definition) is 3. The number of hydrogen-bond donors (Lipinski definition) is 0. The van der Waals surface area contributed by atoms with Crippen molar-refractivity contribution in [1.82, 2.24) is 0 Å². The van der Waals surface area contributed by atoms with Crippen LogP contribution in [0.25, 0.3) is 22.3 Å². The molecule has 0 N–H and O–H groups in total. The second-order valence-electron chi connectivity index (χ2n) is 10.4. The van der Waals surface area contributed by atoms with Gasteiger partial charge in [0, 0.05) is 35.5 Å². The minimum absolute atomic E-state index is 0.838. The summed E-state index contributed by atoms with van der Waals surface area (Å²) in [6.07, 6.45) is 0. The summed E-state index contributed by atoms with van der Waals surface area (Å²) in [6.45, 7) is 2.18. The molecule has 0 aromatic heterocycles. The third-order valence-electron chi connectivity index (χ3n) is 7.73. The Morgan fingerprint density at radius 1 is 0.452 bits per heavy atom. The Hall–Kier alpha value is -5.28. The number of nitrogens with zero attached hydrogens (tertiary/aromatic N) is 2. The van der Waals surface area contributed by atoms with E-state index in [4.69, 9.17) is 4.74 Å². The van der Waals surface area contributed by atoms with Crippen LogP contribution < -0.4 is 14.5 Å². The molecule has 0 aliphatic carbocycles. The Morgan fingerprint density at radius 3 is 1.36 bits per heavy atom. The molecule has 0 heterocycles. The first-order valence-electron chi connectivity index (χ1n) is 14.2. The first-order chi connectivity index (χ1) is 20.6. The van der Waals surface area contributed by atoms with Gasteiger partial charge in [-0.25, -0.2) is 0 Å². The molecule has 0 fully saturated rings. The van der Waals surface area contributed by atoms with Crippen LogP contribution in [-0.4, -0.2) is 14.2 Å². The van der Waals surface area contributed by atoms with E-state index in [2.05, 4.69) is 151 Å². The van der Waals surface area contributed by atoms with Crippen LogP contribution in [-0.2, 0) is 0 Å². The Balaban J connectivity index is 1.32. The second-order valence-corrected chi connectivity index (χ2v) is 10.4. The van der Waals surface area contributed by atoms with Gasteiger partial charge in [-0.2, -0.15) is 0 Å². The molecule has 3 heteroatoms. The van der Waals surface area contributed by atoms with Gasteiger partial charge in [0.15, 0.2) is 0 Å². The molecule has 206 valence electrons. The summed E-state index contributed by atoms with van der Waals surface area (Å²) in [6, 6.07) is 53.4. The van der Waals surface area contributed by atoms with Gasteiger partial charge in [-0.15, -0.1) is 0 Å². The molecule has 0 saturated carbocycles. The Morgan fingerprint density at radius 2 is 0.881 bits per heavy atom. The van der Waals surface area contributed by atoms with Crippen molar-refractivity contribution in [2.24, 2.45) is 0 Å². The smallest absolute Gasteiger partial charge is 0.119 e. The van der Waals surface area contributed by atoms with Crippen molar-refractivity contribution in [1.29, 1.82) is 0 Å². The topological polar surface area (TPSA) is 15.7 Å². The molecule has 0 aliphatic heterocycles. The molecule has 0 atom stereocenters. The molecule has 0 amide bonds. The average molecular weight is 547 g/mol. The zero-order valence-electron chi connectivity index (χ0n) is 24.2. The fourth-order valence-corrected chi connectivity index (χ4v) is 5.35. The van der Waals surface area contributed by atoms with E-state index < -0.39 is 0 Å². The van der Waals surface area contributed by atoms with Gasteiger partial charge in [0.05, 0.1) is 7.11 Å². The van der Waals surface area contributed by atoms with Gasteiger partial charge in [-0.1, -0.05) is 84.9 Å². The Bertz CT molecular complexity index is 1750. The molecule has 6 aromatic carbocycles. The van der Waals surface area contributed by atoms with Gasteiger partial charge in [0.2, 0.25) is 0 Å². The lowest BCUT2D eigenvalue weighted by molar-refractivity contribution is 0.415. The summed E-state index contributed by atoms with van der Waals surface area (Å²) in [5.74, 6) is 0.838.